The van der Waals surface area contributed by atoms with E-state index in [4.69, 9.17) is 14.8 Å². The van der Waals surface area contributed by atoms with Gasteiger partial charge in [-0.2, -0.15) is 9.78 Å². The molecule has 1 N–H and O–H groups in total. The molecule has 0 bridgehead atoms. The molecule has 2 aromatic heterocycles. The number of aryl methyl sites for hydroxylation is 1. The molecule has 1 amide bonds. The summed E-state index contributed by atoms with van der Waals surface area (Å²) >= 11 is 1.53. The van der Waals surface area contributed by atoms with Crippen molar-refractivity contribution in [2.45, 2.75) is 25.9 Å². The van der Waals surface area contributed by atoms with Crippen molar-refractivity contribution >= 4 is 33.3 Å². The number of hydrogen-bond donors (Lipinski definition) is 1. The van der Waals surface area contributed by atoms with Gasteiger partial charge >= 0.3 is 0 Å². The lowest BCUT2D eigenvalue weighted by molar-refractivity contribution is -0.116. The maximum absolute atomic E-state index is 13.5. The first-order valence-corrected chi connectivity index (χ1v) is 12.1. The summed E-state index contributed by atoms with van der Waals surface area (Å²) in [6.45, 7) is 2.21. The van der Waals surface area contributed by atoms with Gasteiger partial charge in [-0.05, 0) is 54.4 Å². The highest BCUT2D eigenvalue weighted by Crippen LogP contribution is 2.41. The van der Waals surface area contributed by atoms with E-state index in [2.05, 4.69) is 5.32 Å². The highest BCUT2D eigenvalue weighted by molar-refractivity contribution is 7.20. The Morgan fingerprint density at radius 2 is 1.97 bits per heavy atom. The molecule has 35 heavy (non-hydrogen) atoms. The molecule has 0 spiro atoms. The van der Waals surface area contributed by atoms with Crippen molar-refractivity contribution in [2.75, 3.05) is 5.32 Å². The predicted molar refractivity (Wildman–Crippen MR) is 134 cm³/mol. The fourth-order valence-electron chi connectivity index (χ4n) is 4.54. The molecule has 0 unspecified atom stereocenters. The number of benzene rings is 3. The molecule has 6 rings (SSSR count). The number of ether oxygens (including phenoxy) is 1. The molecule has 1 aliphatic heterocycles. The zero-order chi connectivity index (χ0) is 23.9. The minimum Gasteiger partial charge on any atom is -0.489 e. The summed E-state index contributed by atoms with van der Waals surface area (Å²) in [6, 6.07) is 22.0. The van der Waals surface area contributed by atoms with Crippen molar-refractivity contribution in [1.82, 2.24) is 14.8 Å². The van der Waals surface area contributed by atoms with E-state index in [-0.39, 0.29) is 24.2 Å². The first-order valence-electron chi connectivity index (χ1n) is 11.3. The van der Waals surface area contributed by atoms with Crippen LogP contribution < -0.4 is 10.1 Å². The van der Waals surface area contributed by atoms with Gasteiger partial charge in [0, 0.05) is 17.9 Å². The number of nitrogens with zero attached hydrogens (tertiary/aromatic N) is 3. The lowest BCUT2D eigenvalue weighted by atomic mass is 9.86. The van der Waals surface area contributed by atoms with Crippen molar-refractivity contribution < 1.29 is 13.9 Å². The van der Waals surface area contributed by atoms with E-state index in [1.54, 1.807) is 10.7 Å². The van der Waals surface area contributed by atoms with E-state index >= 15 is 0 Å². The van der Waals surface area contributed by atoms with Crippen molar-refractivity contribution in [3.63, 3.8) is 0 Å². The van der Waals surface area contributed by atoms with Crippen LogP contribution in [0.3, 0.4) is 0 Å². The SMILES string of the molecule is Cc1nn(-c2nc3ccccc3s2)c2c1[C@@H](c1cccc(OCc3cccc(F)c3)c1)CC(=O)N2. The Hall–Kier alpha value is -4.04. The molecule has 8 heteroatoms. The van der Waals surface area contributed by atoms with Gasteiger partial charge in [0.05, 0.1) is 15.9 Å². The lowest BCUT2D eigenvalue weighted by Crippen LogP contribution is -2.25. The van der Waals surface area contributed by atoms with Crippen LogP contribution in [0.1, 0.15) is 34.7 Å². The highest BCUT2D eigenvalue weighted by atomic mass is 32.1. The predicted octanol–water partition coefficient (Wildman–Crippen LogP) is 5.98. The van der Waals surface area contributed by atoms with Gasteiger partial charge < -0.3 is 10.1 Å². The Morgan fingerprint density at radius 3 is 2.83 bits per heavy atom. The van der Waals surface area contributed by atoms with Gasteiger partial charge in [-0.1, -0.05) is 47.7 Å². The molecule has 174 valence electrons. The standard InChI is InChI=1S/C27H21FN4O2S/c1-16-25-21(18-7-5-9-20(13-18)34-15-17-6-4-8-19(28)12-17)14-24(33)30-26(25)32(31-16)27-29-22-10-2-3-11-23(22)35-27/h2-13,21H,14-15H2,1H3,(H,30,33)/t21-/m1/s1. The molecule has 3 aromatic carbocycles. The second kappa shape index (κ2) is 8.63. The fourth-order valence-corrected chi connectivity index (χ4v) is 5.46. The highest BCUT2D eigenvalue weighted by Gasteiger charge is 2.33. The van der Waals surface area contributed by atoms with E-state index in [1.807, 2.05) is 61.5 Å². The quantitative estimate of drug-likeness (QED) is 0.333. The van der Waals surface area contributed by atoms with Gasteiger partial charge in [0.25, 0.3) is 0 Å². The van der Waals surface area contributed by atoms with Crippen LogP contribution in [-0.2, 0) is 11.4 Å². The van der Waals surface area contributed by atoms with E-state index in [1.165, 1.54) is 23.5 Å². The Balaban J connectivity index is 1.34. The van der Waals surface area contributed by atoms with Crippen LogP contribution >= 0.6 is 11.3 Å². The second-order valence-corrected chi connectivity index (χ2v) is 9.53. The van der Waals surface area contributed by atoms with E-state index in [0.717, 1.165) is 32.6 Å². The number of nitrogens with one attached hydrogen (secondary N) is 1. The van der Waals surface area contributed by atoms with Crippen molar-refractivity contribution in [3.05, 3.63) is 101 Å². The number of fused-ring (bicyclic) bond motifs is 2. The second-order valence-electron chi connectivity index (χ2n) is 8.52. The summed E-state index contributed by atoms with van der Waals surface area (Å²) in [5.41, 5.74) is 4.44. The molecule has 3 heterocycles. The number of hydrogen-bond acceptors (Lipinski definition) is 5. The average molecular weight is 485 g/mol. The van der Waals surface area contributed by atoms with Crippen LogP contribution in [0.25, 0.3) is 15.3 Å². The summed E-state index contributed by atoms with van der Waals surface area (Å²) in [7, 11) is 0. The van der Waals surface area contributed by atoms with Gasteiger partial charge in [0.1, 0.15) is 24.0 Å². The number of halogens is 1. The van der Waals surface area contributed by atoms with Crippen LogP contribution in [0.4, 0.5) is 10.2 Å². The molecule has 0 aliphatic carbocycles. The minimum atomic E-state index is -0.291. The third-order valence-electron chi connectivity index (χ3n) is 6.12. The third-order valence-corrected chi connectivity index (χ3v) is 7.13. The van der Waals surface area contributed by atoms with E-state index in [9.17, 15) is 9.18 Å². The number of para-hydroxylation sites is 1. The fraction of sp³-hybridized carbons (Fsp3) is 0.148. The summed E-state index contributed by atoms with van der Waals surface area (Å²) < 4.78 is 22.2. The Labute approximate surface area is 205 Å². The minimum absolute atomic E-state index is 0.0733. The molecule has 1 aliphatic rings. The first-order chi connectivity index (χ1) is 17.0. The van der Waals surface area contributed by atoms with Crippen molar-refractivity contribution in [1.29, 1.82) is 0 Å². The number of aromatic nitrogens is 3. The largest absolute Gasteiger partial charge is 0.489 e. The lowest BCUT2D eigenvalue weighted by Gasteiger charge is -2.24. The summed E-state index contributed by atoms with van der Waals surface area (Å²) in [5.74, 6) is 0.793. The van der Waals surface area contributed by atoms with Crippen molar-refractivity contribution in [3.8, 4) is 10.9 Å². The van der Waals surface area contributed by atoms with E-state index < -0.39 is 0 Å². The van der Waals surface area contributed by atoms with Crippen LogP contribution in [0.15, 0.2) is 72.8 Å². The number of thiazole rings is 1. The molecule has 0 radical (unpaired) electrons. The van der Waals surface area contributed by atoms with Crippen molar-refractivity contribution in [2.24, 2.45) is 0 Å². The number of anilines is 1. The zero-order valence-electron chi connectivity index (χ0n) is 18.9. The molecule has 0 saturated heterocycles. The summed E-state index contributed by atoms with van der Waals surface area (Å²) in [4.78, 5) is 17.5. The van der Waals surface area contributed by atoms with Gasteiger partial charge in [-0.25, -0.2) is 9.37 Å². The zero-order valence-corrected chi connectivity index (χ0v) is 19.7. The molecule has 5 aromatic rings. The van der Waals surface area contributed by atoms with Gasteiger partial charge in [0.2, 0.25) is 11.0 Å². The molecular formula is C27H21FN4O2S. The number of carbonyl (C=O) groups is 1. The van der Waals surface area contributed by atoms with Crippen LogP contribution in [0, 0.1) is 12.7 Å². The summed E-state index contributed by atoms with van der Waals surface area (Å²) in [6.07, 6.45) is 0.312. The van der Waals surface area contributed by atoms with Crippen LogP contribution in [0.2, 0.25) is 0 Å². The van der Waals surface area contributed by atoms with Gasteiger partial charge in [0.15, 0.2) is 0 Å². The van der Waals surface area contributed by atoms with Gasteiger partial charge in [-0.15, -0.1) is 0 Å². The molecule has 1 atom stereocenters. The number of amides is 1. The van der Waals surface area contributed by atoms with Crippen LogP contribution in [-0.4, -0.2) is 20.7 Å². The monoisotopic (exact) mass is 484 g/mol. The van der Waals surface area contributed by atoms with E-state index in [0.29, 0.717) is 23.1 Å². The Morgan fingerprint density at radius 1 is 1.11 bits per heavy atom. The number of rotatable bonds is 5. The van der Waals surface area contributed by atoms with Crippen LogP contribution in [0.5, 0.6) is 5.75 Å². The number of carbonyl (C=O) groups excluding carboxylic acids is 1. The topological polar surface area (TPSA) is 69.0 Å². The smallest absolute Gasteiger partial charge is 0.226 e. The Bertz CT molecular complexity index is 1540. The maximum atomic E-state index is 13.5. The van der Waals surface area contributed by atoms with Gasteiger partial charge in [-0.3, -0.25) is 4.79 Å². The Kier molecular flexibility index (Phi) is 5.30. The molecule has 0 saturated carbocycles. The average Bonchev–Trinajstić information content (AvgIpc) is 3.43. The molecular weight excluding hydrogens is 463 g/mol. The molecule has 6 nitrogen and oxygen atoms in total. The first kappa shape index (κ1) is 21.5. The molecule has 0 fully saturated rings. The third kappa shape index (κ3) is 4.06. The maximum Gasteiger partial charge on any atom is 0.226 e. The summed E-state index contributed by atoms with van der Waals surface area (Å²) in [5, 5.41) is 8.49. The normalized spacial score (nSPS) is 15.1.